The van der Waals surface area contributed by atoms with Crippen LogP contribution in [0.4, 0.5) is 30.2 Å². The number of alkyl halides is 3. The maximum Gasteiger partial charge on any atom is 0.423 e. The molecule has 1 aromatic heterocycles. The lowest BCUT2D eigenvalue weighted by atomic mass is 9.92. The molecule has 1 atom stereocenters. The Balaban J connectivity index is 1.13. The van der Waals surface area contributed by atoms with Crippen LogP contribution in [0.3, 0.4) is 0 Å². The number of carbonyl (C=O) groups excluding carboxylic acids is 1. The number of hydrogen-bond donors (Lipinski definition) is 1. The Morgan fingerprint density at radius 1 is 1.05 bits per heavy atom. The summed E-state index contributed by atoms with van der Waals surface area (Å²) in [7, 11) is 0. The molecular weight excluding hydrogens is 527 g/mol. The molecule has 1 N–H and O–H groups in total. The number of nitro groups is 1. The summed E-state index contributed by atoms with van der Waals surface area (Å²) in [6, 6.07) is 12.9. The molecule has 40 heavy (non-hydrogen) atoms. The minimum atomic E-state index is -4.83. The van der Waals surface area contributed by atoms with Crippen LogP contribution in [0.15, 0.2) is 54.7 Å². The largest absolute Gasteiger partial charge is 0.423 e. The Morgan fingerprint density at radius 3 is 2.45 bits per heavy atom. The van der Waals surface area contributed by atoms with Gasteiger partial charge in [0, 0.05) is 61.2 Å². The van der Waals surface area contributed by atoms with E-state index < -0.39 is 28.6 Å². The number of pyridine rings is 1. The molecule has 1 unspecified atom stereocenters. The highest BCUT2D eigenvalue weighted by Crippen LogP contribution is 2.38. The Bertz CT molecular complexity index is 1350. The summed E-state index contributed by atoms with van der Waals surface area (Å²) >= 11 is 0. The van der Waals surface area contributed by atoms with Crippen molar-refractivity contribution in [3.63, 3.8) is 0 Å². The number of fused-ring (bicyclic) bond motifs is 1. The molecule has 5 rings (SSSR count). The fraction of sp³-hybridized carbons (Fsp3) is 0.429. The average molecular weight is 558 g/mol. The lowest BCUT2D eigenvalue weighted by Gasteiger charge is -2.40. The van der Waals surface area contributed by atoms with Gasteiger partial charge in [-0.3, -0.25) is 24.8 Å². The highest BCUT2D eigenvalue weighted by molar-refractivity contribution is 5.91. The molecule has 1 saturated heterocycles. The molecule has 0 spiro atoms. The summed E-state index contributed by atoms with van der Waals surface area (Å²) in [4.78, 5) is 30.7. The van der Waals surface area contributed by atoms with Crippen LogP contribution < -0.4 is 10.2 Å². The number of nitro benzene ring substituents is 1. The first kappa shape index (κ1) is 27.8. The molecule has 0 radical (unpaired) electrons. The number of nitrogens with zero attached hydrogens (tertiary/aromatic N) is 4. The topological polar surface area (TPSA) is 101 Å². The van der Waals surface area contributed by atoms with E-state index in [1.807, 2.05) is 35.4 Å². The van der Waals surface area contributed by atoms with E-state index in [0.717, 1.165) is 48.1 Å². The van der Waals surface area contributed by atoms with Crippen molar-refractivity contribution in [1.82, 2.24) is 9.88 Å². The minimum Gasteiger partial charge on any atom is -0.382 e. The number of anilines is 2. The van der Waals surface area contributed by atoms with E-state index in [1.54, 1.807) is 0 Å². The van der Waals surface area contributed by atoms with Crippen LogP contribution in [0, 0.1) is 10.1 Å². The summed E-state index contributed by atoms with van der Waals surface area (Å²) in [6.45, 7) is 2.82. The first-order valence-corrected chi connectivity index (χ1v) is 13.3. The van der Waals surface area contributed by atoms with Gasteiger partial charge in [-0.25, -0.2) is 0 Å². The first-order chi connectivity index (χ1) is 19.2. The molecule has 0 amide bonds. The number of aldehydes is 1. The number of aromatic nitrogens is 1. The molecule has 12 heteroatoms. The molecule has 9 nitrogen and oxygen atoms in total. The predicted octanol–water partition coefficient (Wildman–Crippen LogP) is 5.25. The fourth-order valence-electron chi connectivity index (χ4n) is 5.57. The number of para-hydroxylation sites is 1. The summed E-state index contributed by atoms with van der Waals surface area (Å²) < 4.78 is 46.1. The summed E-state index contributed by atoms with van der Waals surface area (Å²) in [5, 5.41) is 15.2. The van der Waals surface area contributed by atoms with E-state index in [0.29, 0.717) is 38.8 Å². The molecular formula is C28H30F3N5O4. The molecule has 212 valence electrons. The summed E-state index contributed by atoms with van der Waals surface area (Å²) in [6.07, 6.45) is -0.426. The van der Waals surface area contributed by atoms with E-state index in [-0.39, 0.29) is 17.8 Å². The van der Waals surface area contributed by atoms with Crippen LogP contribution in [0.25, 0.3) is 10.9 Å². The number of piperazine rings is 1. The van der Waals surface area contributed by atoms with Gasteiger partial charge in [0.2, 0.25) is 0 Å². The van der Waals surface area contributed by atoms with E-state index in [2.05, 4.69) is 21.3 Å². The smallest absolute Gasteiger partial charge is 0.382 e. The third kappa shape index (κ3) is 6.18. The van der Waals surface area contributed by atoms with Crippen molar-refractivity contribution >= 4 is 34.3 Å². The molecule has 1 aliphatic carbocycles. The molecule has 2 fully saturated rings. The quantitative estimate of drug-likeness (QED) is 0.228. The van der Waals surface area contributed by atoms with Crippen LogP contribution in [0.2, 0.25) is 0 Å². The maximum atomic E-state index is 13.3. The summed E-state index contributed by atoms with van der Waals surface area (Å²) in [5.41, 5.74) is 0.00880. The average Bonchev–Trinajstić information content (AvgIpc) is 2.96. The zero-order valence-corrected chi connectivity index (χ0v) is 21.7. The second-order valence-electron chi connectivity index (χ2n) is 10.1. The van der Waals surface area contributed by atoms with E-state index in [4.69, 9.17) is 4.74 Å². The van der Waals surface area contributed by atoms with Gasteiger partial charge in [-0.2, -0.15) is 13.2 Å². The van der Waals surface area contributed by atoms with Gasteiger partial charge >= 0.3 is 6.18 Å². The standard InChI is InChI=1S/C28H30F3N5O4/c29-28(30,31)23-17-20(7-10-26(23)36(38)39)33-19-5-8-21(9-6-19)40-27(18-37)35-15-13-34(14-16-35)25-11-12-32-24-4-2-1-3-22(24)25/h1-4,7,10-12,17-19,21,27,33H,5-6,8-9,13-16H2. The lowest BCUT2D eigenvalue weighted by molar-refractivity contribution is -0.388. The monoisotopic (exact) mass is 557 g/mol. The van der Waals surface area contributed by atoms with Crippen molar-refractivity contribution in [2.45, 2.75) is 50.2 Å². The number of benzene rings is 2. The highest BCUT2D eigenvalue weighted by Gasteiger charge is 2.38. The van der Waals surface area contributed by atoms with Crippen molar-refractivity contribution in [2.24, 2.45) is 0 Å². The third-order valence-corrected chi connectivity index (χ3v) is 7.63. The molecule has 2 heterocycles. The SMILES string of the molecule is O=CC(OC1CCC(Nc2ccc([N+](=O)[O-])c(C(F)(F)F)c2)CC1)N1CCN(c2ccnc3ccccc23)CC1. The van der Waals surface area contributed by atoms with Gasteiger partial charge in [-0.1, -0.05) is 18.2 Å². The number of nitrogens with one attached hydrogen (secondary N) is 1. The maximum absolute atomic E-state index is 13.3. The van der Waals surface area contributed by atoms with Crippen molar-refractivity contribution in [3.8, 4) is 0 Å². The highest BCUT2D eigenvalue weighted by atomic mass is 19.4. The third-order valence-electron chi connectivity index (χ3n) is 7.63. The van der Waals surface area contributed by atoms with Gasteiger partial charge in [0.15, 0.2) is 12.5 Å². The van der Waals surface area contributed by atoms with Gasteiger partial charge in [0.25, 0.3) is 5.69 Å². The van der Waals surface area contributed by atoms with Crippen LogP contribution in [-0.4, -0.2) is 65.6 Å². The minimum absolute atomic E-state index is 0.101. The molecule has 2 aliphatic rings. The number of halogens is 3. The van der Waals surface area contributed by atoms with Gasteiger partial charge in [0.05, 0.1) is 16.5 Å². The Kier molecular flexibility index (Phi) is 8.17. The van der Waals surface area contributed by atoms with Crippen molar-refractivity contribution in [3.05, 3.63) is 70.4 Å². The normalized spacial score (nSPS) is 21.2. The zero-order valence-electron chi connectivity index (χ0n) is 21.7. The molecule has 3 aromatic rings. The van der Waals surface area contributed by atoms with Gasteiger partial charge in [0.1, 0.15) is 5.56 Å². The van der Waals surface area contributed by atoms with Crippen LogP contribution in [0.1, 0.15) is 31.2 Å². The van der Waals surface area contributed by atoms with Gasteiger partial charge < -0.3 is 15.0 Å². The molecule has 1 saturated carbocycles. The van der Waals surface area contributed by atoms with E-state index >= 15 is 0 Å². The van der Waals surface area contributed by atoms with Crippen molar-refractivity contribution in [2.75, 3.05) is 36.4 Å². The van der Waals surface area contributed by atoms with Gasteiger partial charge in [-0.15, -0.1) is 0 Å². The van der Waals surface area contributed by atoms with Crippen LogP contribution in [-0.2, 0) is 15.7 Å². The Hall–Kier alpha value is -3.77. The first-order valence-electron chi connectivity index (χ1n) is 13.3. The number of rotatable bonds is 8. The lowest BCUT2D eigenvalue weighted by Crippen LogP contribution is -2.52. The van der Waals surface area contributed by atoms with Gasteiger partial charge in [-0.05, 0) is 49.9 Å². The second kappa shape index (κ2) is 11.8. The zero-order chi connectivity index (χ0) is 28.3. The molecule has 1 aliphatic heterocycles. The number of hydrogen-bond acceptors (Lipinski definition) is 8. The predicted molar refractivity (Wildman–Crippen MR) is 144 cm³/mol. The second-order valence-corrected chi connectivity index (χ2v) is 10.1. The number of ether oxygens (including phenoxy) is 1. The Morgan fingerprint density at radius 2 is 1.77 bits per heavy atom. The van der Waals surface area contributed by atoms with E-state index in [9.17, 15) is 28.1 Å². The fourth-order valence-corrected chi connectivity index (χ4v) is 5.57. The Labute approximate surface area is 229 Å². The van der Waals surface area contributed by atoms with E-state index in [1.165, 1.54) is 6.07 Å². The number of carbonyl (C=O) groups is 1. The summed E-state index contributed by atoms with van der Waals surface area (Å²) in [5.74, 6) is 0. The van der Waals surface area contributed by atoms with Crippen LogP contribution >= 0.6 is 0 Å². The molecule has 2 aromatic carbocycles. The molecule has 0 bridgehead atoms. The van der Waals surface area contributed by atoms with Crippen molar-refractivity contribution in [1.29, 1.82) is 0 Å². The van der Waals surface area contributed by atoms with Crippen molar-refractivity contribution < 1.29 is 27.6 Å². The van der Waals surface area contributed by atoms with Crippen LogP contribution in [0.5, 0.6) is 0 Å².